The van der Waals surface area contributed by atoms with E-state index in [2.05, 4.69) is 15.6 Å². The Morgan fingerprint density at radius 2 is 1.70 bits per heavy atom. The average Bonchev–Trinajstić information content (AvgIpc) is 3.52. The fourth-order valence-corrected chi connectivity index (χ4v) is 4.38. The van der Waals surface area contributed by atoms with Crippen LogP contribution in [0.4, 0.5) is 0 Å². The number of hydrogen-bond donors (Lipinski definition) is 3. The molecule has 3 N–H and O–H groups in total. The molecule has 2 aromatic heterocycles. The molecule has 0 fully saturated rings. The molecular weight excluding hydrogens is 435 g/mol. The van der Waals surface area contributed by atoms with E-state index in [1.54, 1.807) is 4.68 Å². The number of benzene rings is 2. The fraction of sp³-hybridized carbons (Fsp3) is 0.208. The van der Waals surface area contributed by atoms with Crippen LogP contribution < -0.4 is 5.32 Å². The molecule has 9 heteroatoms. The zero-order chi connectivity index (χ0) is 23.0. The lowest BCUT2D eigenvalue weighted by Crippen LogP contribution is -2.50. The number of rotatable bonds is 10. The minimum Gasteiger partial charge on any atom is -0.426 e. The summed E-state index contributed by atoms with van der Waals surface area (Å²) in [6.07, 6.45) is 3.04. The van der Waals surface area contributed by atoms with Gasteiger partial charge in [0.25, 0.3) is 0 Å². The van der Waals surface area contributed by atoms with E-state index >= 15 is 0 Å². The molecule has 2 heterocycles. The molecular formula is C24H25BN4O3S. The summed E-state index contributed by atoms with van der Waals surface area (Å²) in [7, 11) is -1.66. The number of hydrogen-bond acceptors (Lipinski definition) is 6. The van der Waals surface area contributed by atoms with Crippen LogP contribution in [0, 0.1) is 5.92 Å². The number of amides is 1. The Bertz CT molecular complexity index is 1140. The first-order valence-electron chi connectivity index (χ1n) is 10.8. The predicted octanol–water partition coefficient (Wildman–Crippen LogP) is 2.47. The van der Waals surface area contributed by atoms with Gasteiger partial charge in [-0.25, -0.2) is 4.68 Å². The Balaban J connectivity index is 1.51. The first-order valence-corrected chi connectivity index (χ1v) is 11.7. The van der Waals surface area contributed by atoms with Crippen LogP contribution in [0.2, 0.25) is 0 Å². The smallest absolute Gasteiger partial charge is 0.426 e. The molecule has 0 radical (unpaired) electrons. The van der Waals surface area contributed by atoms with Crippen LogP contribution in [-0.4, -0.2) is 44.0 Å². The van der Waals surface area contributed by atoms with Gasteiger partial charge in [0.05, 0.1) is 23.5 Å². The number of thiophene rings is 1. The lowest BCUT2D eigenvalue weighted by molar-refractivity contribution is -0.125. The van der Waals surface area contributed by atoms with Crippen molar-refractivity contribution in [2.75, 3.05) is 0 Å². The lowest BCUT2D eigenvalue weighted by Gasteiger charge is -2.22. The molecule has 0 bridgehead atoms. The maximum Gasteiger partial charge on any atom is 0.475 e. The Hall–Kier alpha value is -3.27. The van der Waals surface area contributed by atoms with E-state index in [1.165, 1.54) is 11.3 Å². The molecule has 168 valence electrons. The average molecular weight is 460 g/mol. The van der Waals surface area contributed by atoms with Gasteiger partial charge in [-0.15, -0.1) is 5.10 Å². The maximum absolute atomic E-state index is 13.3. The molecule has 0 aliphatic heterocycles. The van der Waals surface area contributed by atoms with Crippen LogP contribution in [0.25, 0.3) is 5.69 Å². The van der Waals surface area contributed by atoms with Crippen molar-refractivity contribution in [1.82, 2.24) is 20.3 Å². The molecule has 2 atom stereocenters. The number of carbonyl (C=O) groups excluding carboxylic acids is 1. The van der Waals surface area contributed by atoms with Gasteiger partial charge in [0.15, 0.2) is 0 Å². The van der Waals surface area contributed by atoms with E-state index in [0.717, 1.165) is 16.8 Å². The summed E-state index contributed by atoms with van der Waals surface area (Å²) in [5.41, 5.74) is 3.55. The SMILES string of the molecule is O=C(N[C@@H](Cc1ccsc1)B(O)O)[C@@H](Cc1ccccc1)Cc1cn(-c2ccccc2)nn1. The van der Waals surface area contributed by atoms with Gasteiger partial charge in [-0.3, -0.25) is 4.79 Å². The summed E-state index contributed by atoms with van der Waals surface area (Å²) in [5, 5.41) is 34.9. The molecule has 0 saturated carbocycles. The fourth-order valence-electron chi connectivity index (χ4n) is 3.70. The van der Waals surface area contributed by atoms with Crippen LogP contribution in [0.3, 0.4) is 0 Å². The molecule has 0 aliphatic rings. The molecule has 33 heavy (non-hydrogen) atoms. The van der Waals surface area contributed by atoms with Crippen molar-refractivity contribution >= 4 is 24.4 Å². The number of nitrogens with zero attached hydrogens (tertiary/aromatic N) is 3. The van der Waals surface area contributed by atoms with Gasteiger partial charge >= 0.3 is 7.12 Å². The minimum absolute atomic E-state index is 0.249. The standard InChI is InChI=1S/C24H25BN4O3S/c30-24(26-23(25(31)32)14-19-11-12-33-17-19)20(13-18-7-3-1-4-8-18)15-21-16-29(28-27-21)22-9-5-2-6-10-22/h1-12,16-17,20,23,31-32H,13-15H2,(H,26,30)/t20-,23-/m0/s1. The van der Waals surface area contributed by atoms with Crippen molar-refractivity contribution in [3.05, 3.63) is 101 Å². The molecule has 1 amide bonds. The van der Waals surface area contributed by atoms with Crippen molar-refractivity contribution in [1.29, 1.82) is 0 Å². The molecule has 7 nitrogen and oxygen atoms in total. The Morgan fingerprint density at radius 3 is 2.36 bits per heavy atom. The quantitative estimate of drug-likeness (QED) is 0.316. The van der Waals surface area contributed by atoms with Gasteiger partial charge in [0.1, 0.15) is 0 Å². The Morgan fingerprint density at radius 1 is 0.970 bits per heavy atom. The normalized spacial score (nSPS) is 12.8. The van der Waals surface area contributed by atoms with Gasteiger partial charge in [0, 0.05) is 12.3 Å². The molecule has 4 rings (SSSR count). The van der Waals surface area contributed by atoms with Gasteiger partial charge < -0.3 is 15.4 Å². The first kappa shape index (κ1) is 22.9. The molecule has 0 unspecified atom stereocenters. The van der Waals surface area contributed by atoms with Crippen LogP contribution >= 0.6 is 11.3 Å². The summed E-state index contributed by atoms with van der Waals surface area (Å²) in [5.74, 6) is -1.50. The van der Waals surface area contributed by atoms with E-state index in [-0.39, 0.29) is 5.91 Å². The highest BCUT2D eigenvalue weighted by Gasteiger charge is 2.29. The number of carbonyl (C=O) groups is 1. The van der Waals surface area contributed by atoms with Gasteiger partial charge in [-0.2, -0.15) is 11.3 Å². The van der Waals surface area contributed by atoms with Crippen molar-refractivity contribution in [3.63, 3.8) is 0 Å². The molecule has 0 saturated heterocycles. The largest absolute Gasteiger partial charge is 0.475 e. The van der Waals surface area contributed by atoms with Crippen LogP contribution in [0.1, 0.15) is 16.8 Å². The molecule has 4 aromatic rings. The van der Waals surface area contributed by atoms with E-state index < -0.39 is 19.0 Å². The summed E-state index contributed by atoms with van der Waals surface area (Å²) in [6.45, 7) is 0. The maximum atomic E-state index is 13.3. The number of nitrogens with one attached hydrogen (secondary N) is 1. The van der Waals surface area contributed by atoms with E-state index in [9.17, 15) is 14.8 Å². The first-order chi connectivity index (χ1) is 16.1. The van der Waals surface area contributed by atoms with E-state index in [4.69, 9.17) is 0 Å². The van der Waals surface area contributed by atoms with E-state index in [0.29, 0.717) is 25.0 Å². The summed E-state index contributed by atoms with van der Waals surface area (Å²) >= 11 is 1.53. The summed E-state index contributed by atoms with van der Waals surface area (Å²) < 4.78 is 1.68. The number of para-hydroxylation sites is 1. The molecule has 0 spiro atoms. The second-order valence-electron chi connectivity index (χ2n) is 7.95. The van der Waals surface area contributed by atoms with Crippen molar-refractivity contribution in [2.45, 2.75) is 25.2 Å². The van der Waals surface area contributed by atoms with Crippen molar-refractivity contribution < 1.29 is 14.8 Å². The van der Waals surface area contributed by atoms with Gasteiger partial charge in [-0.05, 0) is 52.9 Å². The summed E-state index contributed by atoms with van der Waals surface area (Å²) in [6, 6.07) is 21.3. The van der Waals surface area contributed by atoms with Crippen LogP contribution in [0.15, 0.2) is 83.7 Å². The zero-order valence-electron chi connectivity index (χ0n) is 18.0. The Labute approximate surface area is 196 Å². The monoisotopic (exact) mass is 460 g/mol. The topological polar surface area (TPSA) is 100 Å². The molecule has 2 aromatic carbocycles. The highest BCUT2D eigenvalue weighted by atomic mass is 32.1. The minimum atomic E-state index is -1.66. The van der Waals surface area contributed by atoms with Crippen LogP contribution in [-0.2, 0) is 24.1 Å². The van der Waals surface area contributed by atoms with Gasteiger partial charge in [-0.1, -0.05) is 53.7 Å². The highest BCUT2D eigenvalue weighted by molar-refractivity contribution is 7.07. The van der Waals surface area contributed by atoms with Crippen molar-refractivity contribution in [3.8, 4) is 5.69 Å². The summed E-state index contributed by atoms with van der Waals surface area (Å²) in [4.78, 5) is 13.3. The third-order valence-electron chi connectivity index (χ3n) is 5.44. The van der Waals surface area contributed by atoms with Gasteiger partial charge in [0.2, 0.25) is 5.91 Å². The molecule has 0 aliphatic carbocycles. The predicted molar refractivity (Wildman–Crippen MR) is 129 cm³/mol. The van der Waals surface area contributed by atoms with Crippen LogP contribution in [0.5, 0.6) is 0 Å². The highest BCUT2D eigenvalue weighted by Crippen LogP contribution is 2.17. The second-order valence-corrected chi connectivity index (χ2v) is 8.73. The zero-order valence-corrected chi connectivity index (χ0v) is 18.8. The lowest BCUT2D eigenvalue weighted by atomic mass is 9.76. The number of aromatic nitrogens is 3. The second kappa shape index (κ2) is 11.0. The van der Waals surface area contributed by atoms with E-state index in [1.807, 2.05) is 83.7 Å². The van der Waals surface area contributed by atoms with Crippen molar-refractivity contribution in [2.24, 2.45) is 5.92 Å². The third kappa shape index (κ3) is 6.38. The third-order valence-corrected chi connectivity index (χ3v) is 6.17. The Kier molecular flexibility index (Phi) is 7.67.